The third-order valence-corrected chi connectivity index (χ3v) is 3.21. The number of carbonyl (C=O) groups is 2. The number of nitrogens with one attached hydrogen (secondary N) is 1. The van der Waals surface area contributed by atoms with Crippen LogP contribution in [0.25, 0.3) is 0 Å². The Balaban J connectivity index is 2.92. The van der Waals surface area contributed by atoms with E-state index in [4.69, 9.17) is 9.84 Å². The Hall–Kier alpha value is -2.04. The van der Waals surface area contributed by atoms with Crippen molar-refractivity contribution in [2.24, 2.45) is 0 Å². The maximum Gasteiger partial charge on any atom is 0.305 e. The lowest BCUT2D eigenvalue weighted by Crippen LogP contribution is -2.44. The Labute approximate surface area is 118 Å². The predicted molar refractivity (Wildman–Crippen MR) is 75.9 cm³/mol. The number of hydrogen-bond acceptors (Lipinski definition) is 3. The van der Waals surface area contributed by atoms with E-state index in [1.165, 1.54) is 0 Å². The lowest BCUT2D eigenvalue weighted by atomic mass is 9.82. The van der Waals surface area contributed by atoms with Gasteiger partial charge in [0.1, 0.15) is 5.75 Å². The largest absolute Gasteiger partial charge is 0.496 e. The van der Waals surface area contributed by atoms with Gasteiger partial charge in [-0.1, -0.05) is 18.2 Å². The molecule has 2 N–H and O–H groups in total. The average molecular weight is 279 g/mol. The van der Waals surface area contributed by atoms with Crippen LogP contribution in [0.1, 0.15) is 32.8 Å². The summed E-state index contributed by atoms with van der Waals surface area (Å²) >= 11 is 0. The number of carbonyl (C=O) groups excluding carboxylic acids is 1. The Morgan fingerprint density at radius 1 is 1.35 bits per heavy atom. The van der Waals surface area contributed by atoms with Gasteiger partial charge in [-0.25, -0.2) is 0 Å². The molecule has 0 heterocycles. The second kappa shape index (κ2) is 6.41. The summed E-state index contributed by atoms with van der Waals surface area (Å²) < 4.78 is 5.28. The van der Waals surface area contributed by atoms with E-state index in [2.05, 4.69) is 5.32 Å². The molecule has 5 nitrogen and oxygen atoms in total. The predicted octanol–water partition coefficient (Wildman–Crippen LogP) is 1.95. The van der Waals surface area contributed by atoms with Gasteiger partial charge in [-0.05, 0) is 26.8 Å². The number of para-hydroxylation sites is 1. The Bertz CT molecular complexity index is 496. The molecule has 0 aliphatic carbocycles. The smallest absolute Gasteiger partial charge is 0.305 e. The molecule has 1 atom stereocenters. The van der Waals surface area contributed by atoms with Crippen LogP contribution in [-0.2, 0) is 15.0 Å². The first-order valence-electron chi connectivity index (χ1n) is 6.45. The fourth-order valence-electron chi connectivity index (χ4n) is 2.00. The standard InChI is InChI=1S/C15H21NO4/c1-10(9-13(17)18)16-14(19)15(2,3)11-7-5-6-8-12(11)20-4/h5-8,10H,9H2,1-4H3,(H,16,19)(H,17,18). The molecule has 1 amide bonds. The van der Waals surface area contributed by atoms with E-state index < -0.39 is 17.4 Å². The summed E-state index contributed by atoms with van der Waals surface area (Å²) in [4.78, 5) is 23.0. The van der Waals surface area contributed by atoms with E-state index in [0.717, 1.165) is 5.56 Å². The number of methoxy groups -OCH3 is 1. The lowest BCUT2D eigenvalue weighted by molar-refractivity contribution is -0.137. The summed E-state index contributed by atoms with van der Waals surface area (Å²) in [5.74, 6) is -0.526. The first kappa shape index (κ1) is 16.0. The van der Waals surface area contributed by atoms with Crippen molar-refractivity contribution in [1.82, 2.24) is 5.32 Å². The molecule has 0 radical (unpaired) electrons. The van der Waals surface area contributed by atoms with Gasteiger partial charge < -0.3 is 15.2 Å². The fourth-order valence-corrected chi connectivity index (χ4v) is 2.00. The van der Waals surface area contributed by atoms with E-state index in [0.29, 0.717) is 5.75 Å². The van der Waals surface area contributed by atoms with E-state index in [-0.39, 0.29) is 12.3 Å². The zero-order valence-electron chi connectivity index (χ0n) is 12.3. The van der Waals surface area contributed by atoms with Crippen molar-refractivity contribution in [2.75, 3.05) is 7.11 Å². The highest BCUT2D eigenvalue weighted by molar-refractivity contribution is 5.88. The van der Waals surface area contributed by atoms with Gasteiger partial charge in [-0.15, -0.1) is 0 Å². The number of hydrogen-bond donors (Lipinski definition) is 2. The second-order valence-electron chi connectivity index (χ2n) is 5.30. The average Bonchev–Trinajstić information content (AvgIpc) is 2.37. The number of rotatable bonds is 6. The van der Waals surface area contributed by atoms with Crippen LogP contribution in [0.4, 0.5) is 0 Å². The van der Waals surface area contributed by atoms with Gasteiger partial charge in [-0.3, -0.25) is 9.59 Å². The van der Waals surface area contributed by atoms with E-state index in [1.807, 2.05) is 18.2 Å². The van der Waals surface area contributed by atoms with Gasteiger partial charge in [0, 0.05) is 11.6 Å². The van der Waals surface area contributed by atoms with E-state index in [1.54, 1.807) is 33.9 Å². The molecule has 110 valence electrons. The molecule has 20 heavy (non-hydrogen) atoms. The van der Waals surface area contributed by atoms with Crippen LogP contribution in [0.5, 0.6) is 5.75 Å². The van der Waals surface area contributed by atoms with Crippen LogP contribution in [0.3, 0.4) is 0 Å². The highest BCUT2D eigenvalue weighted by atomic mass is 16.5. The van der Waals surface area contributed by atoms with Gasteiger partial charge in [0.25, 0.3) is 0 Å². The number of carboxylic acids is 1. The monoisotopic (exact) mass is 279 g/mol. The van der Waals surface area contributed by atoms with Crippen LogP contribution >= 0.6 is 0 Å². The van der Waals surface area contributed by atoms with Crippen LogP contribution in [0, 0.1) is 0 Å². The van der Waals surface area contributed by atoms with Gasteiger partial charge in [0.2, 0.25) is 5.91 Å². The zero-order chi connectivity index (χ0) is 15.3. The normalized spacial score (nSPS) is 12.6. The Morgan fingerprint density at radius 2 is 1.95 bits per heavy atom. The van der Waals surface area contributed by atoms with Crippen molar-refractivity contribution < 1.29 is 19.4 Å². The molecule has 0 aromatic heterocycles. The van der Waals surface area contributed by atoms with E-state index in [9.17, 15) is 9.59 Å². The Kier molecular flexibility index (Phi) is 5.13. The molecule has 1 rings (SSSR count). The van der Waals surface area contributed by atoms with Crippen molar-refractivity contribution in [3.05, 3.63) is 29.8 Å². The third-order valence-electron chi connectivity index (χ3n) is 3.21. The molecule has 0 saturated carbocycles. The number of amides is 1. The van der Waals surface area contributed by atoms with Crippen molar-refractivity contribution in [3.8, 4) is 5.75 Å². The van der Waals surface area contributed by atoms with Crippen LogP contribution in [-0.4, -0.2) is 30.1 Å². The SMILES string of the molecule is COc1ccccc1C(C)(C)C(=O)NC(C)CC(=O)O. The minimum absolute atomic E-state index is 0.103. The number of ether oxygens (including phenoxy) is 1. The minimum Gasteiger partial charge on any atom is -0.496 e. The van der Waals surface area contributed by atoms with Crippen molar-refractivity contribution in [3.63, 3.8) is 0 Å². The van der Waals surface area contributed by atoms with Crippen molar-refractivity contribution >= 4 is 11.9 Å². The molecular formula is C15H21NO4. The molecule has 0 aliphatic rings. The van der Waals surface area contributed by atoms with Crippen molar-refractivity contribution in [2.45, 2.75) is 38.6 Å². The molecule has 1 aromatic carbocycles. The Morgan fingerprint density at radius 3 is 2.50 bits per heavy atom. The van der Waals surface area contributed by atoms with Crippen LogP contribution in [0.2, 0.25) is 0 Å². The molecule has 0 fully saturated rings. The maximum absolute atomic E-state index is 12.4. The molecule has 0 bridgehead atoms. The number of benzene rings is 1. The summed E-state index contributed by atoms with van der Waals surface area (Å²) in [6, 6.07) is 6.89. The highest BCUT2D eigenvalue weighted by Gasteiger charge is 2.33. The topological polar surface area (TPSA) is 75.6 Å². The summed E-state index contributed by atoms with van der Waals surface area (Å²) in [6.07, 6.45) is -0.103. The first-order valence-corrected chi connectivity index (χ1v) is 6.45. The summed E-state index contributed by atoms with van der Waals surface area (Å²) in [5, 5.41) is 11.5. The lowest BCUT2D eigenvalue weighted by Gasteiger charge is -2.27. The molecule has 5 heteroatoms. The van der Waals surface area contributed by atoms with Crippen LogP contribution < -0.4 is 10.1 Å². The van der Waals surface area contributed by atoms with Crippen LogP contribution in [0.15, 0.2) is 24.3 Å². The highest BCUT2D eigenvalue weighted by Crippen LogP contribution is 2.31. The maximum atomic E-state index is 12.4. The quantitative estimate of drug-likeness (QED) is 0.834. The molecule has 1 unspecified atom stereocenters. The molecule has 0 aliphatic heterocycles. The summed E-state index contributed by atoms with van der Waals surface area (Å²) in [5.41, 5.74) is -0.0400. The van der Waals surface area contributed by atoms with Gasteiger partial charge in [-0.2, -0.15) is 0 Å². The third kappa shape index (κ3) is 3.73. The molecule has 0 spiro atoms. The fraction of sp³-hybridized carbons (Fsp3) is 0.467. The van der Waals surface area contributed by atoms with Gasteiger partial charge in [0.15, 0.2) is 0 Å². The summed E-state index contributed by atoms with van der Waals surface area (Å²) in [6.45, 7) is 5.24. The van der Waals surface area contributed by atoms with Crippen molar-refractivity contribution in [1.29, 1.82) is 0 Å². The zero-order valence-corrected chi connectivity index (χ0v) is 12.3. The summed E-state index contributed by atoms with van der Waals surface area (Å²) in [7, 11) is 1.56. The number of aliphatic carboxylic acids is 1. The minimum atomic E-state index is -0.937. The van der Waals surface area contributed by atoms with Gasteiger partial charge >= 0.3 is 5.97 Å². The van der Waals surface area contributed by atoms with E-state index >= 15 is 0 Å². The first-order chi connectivity index (χ1) is 9.28. The molecular weight excluding hydrogens is 258 g/mol. The molecule has 1 aromatic rings. The number of carboxylic acid groups (broad SMARTS) is 1. The van der Waals surface area contributed by atoms with Gasteiger partial charge in [0.05, 0.1) is 18.9 Å². The second-order valence-corrected chi connectivity index (χ2v) is 5.30. The molecule has 0 saturated heterocycles.